The van der Waals surface area contributed by atoms with Crippen molar-refractivity contribution >= 4 is 5.97 Å². The maximum absolute atomic E-state index is 10.8. The zero-order chi connectivity index (χ0) is 8.10. The highest BCUT2D eigenvalue weighted by Gasteiger charge is 2.15. The molecule has 0 aliphatic carbocycles. The van der Waals surface area contributed by atoms with Crippen LogP contribution in [0.15, 0.2) is 0 Å². The lowest BCUT2D eigenvalue weighted by Crippen LogP contribution is -2.45. The smallest absolute Gasteiger partial charge is 0.307 e. The second-order valence-electron chi connectivity index (χ2n) is 2.65. The SMILES string of the molecule is COC(=O)CC1CCNCN1. The molecule has 0 radical (unpaired) electrons. The van der Waals surface area contributed by atoms with E-state index in [1.54, 1.807) is 0 Å². The van der Waals surface area contributed by atoms with E-state index < -0.39 is 0 Å². The van der Waals surface area contributed by atoms with Gasteiger partial charge in [0.25, 0.3) is 0 Å². The maximum atomic E-state index is 10.8. The quantitative estimate of drug-likeness (QED) is 0.530. The monoisotopic (exact) mass is 158 g/mol. The fraction of sp³-hybridized carbons (Fsp3) is 0.857. The molecule has 0 aromatic rings. The average molecular weight is 158 g/mol. The molecule has 1 atom stereocenters. The molecule has 64 valence electrons. The molecule has 4 heteroatoms. The first kappa shape index (κ1) is 8.49. The number of carbonyl (C=O) groups is 1. The van der Waals surface area contributed by atoms with E-state index in [2.05, 4.69) is 15.4 Å². The van der Waals surface area contributed by atoms with Crippen LogP contribution in [-0.4, -0.2) is 32.3 Å². The van der Waals surface area contributed by atoms with Gasteiger partial charge in [-0.2, -0.15) is 0 Å². The van der Waals surface area contributed by atoms with Crippen LogP contribution >= 0.6 is 0 Å². The average Bonchev–Trinajstić information content (AvgIpc) is 2.06. The van der Waals surface area contributed by atoms with Crippen LogP contribution in [0.1, 0.15) is 12.8 Å². The summed E-state index contributed by atoms with van der Waals surface area (Å²) >= 11 is 0. The zero-order valence-electron chi connectivity index (χ0n) is 6.72. The maximum Gasteiger partial charge on any atom is 0.307 e. The van der Waals surface area contributed by atoms with Crippen LogP contribution < -0.4 is 10.6 Å². The van der Waals surface area contributed by atoms with Gasteiger partial charge in [-0.05, 0) is 13.0 Å². The molecule has 1 aliphatic heterocycles. The minimum absolute atomic E-state index is 0.135. The Kier molecular flexibility index (Phi) is 3.32. The van der Waals surface area contributed by atoms with Crippen LogP contribution in [-0.2, 0) is 9.53 Å². The van der Waals surface area contributed by atoms with Gasteiger partial charge < -0.3 is 15.4 Å². The van der Waals surface area contributed by atoms with E-state index in [0.717, 1.165) is 19.6 Å². The first-order chi connectivity index (χ1) is 5.33. The summed E-state index contributed by atoms with van der Waals surface area (Å²) in [5.41, 5.74) is 0. The third-order valence-corrected chi connectivity index (χ3v) is 1.83. The van der Waals surface area contributed by atoms with E-state index in [0.29, 0.717) is 12.5 Å². The lowest BCUT2D eigenvalue weighted by molar-refractivity contribution is -0.141. The minimum atomic E-state index is -0.135. The van der Waals surface area contributed by atoms with Crippen molar-refractivity contribution in [2.75, 3.05) is 20.3 Å². The van der Waals surface area contributed by atoms with Crippen molar-refractivity contribution in [3.63, 3.8) is 0 Å². The molecule has 0 saturated carbocycles. The van der Waals surface area contributed by atoms with Crippen LogP contribution in [0, 0.1) is 0 Å². The molecule has 1 fully saturated rings. The Labute approximate surface area is 66.3 Å². The van der Waals surface area contributed by atoms with Crippen molar-refractivity contribution in [2.45, 2.75) is 18.9 Å². The number of nitrogens with one attached hydrogen (secondary N) is 2. The Hall–Kier alpha value is -0.610. The Balaban J connectivity index is 2.19. The predicted octanol–water partition coefficient (Wildman–Crippen LogP) is -0.541. The standard InChI is InChI=1S/C7H14N2O2/c1-11-7(10)4-6-2-3-8-5-9-6/h6,8-9H,2-5H2,1H3. The van der Waals surface area contributed by atoms with Gasteiger partial charge in [0.2, 0.25) is 0 Å². The molecule has 1 heterocycles. The predicted molar refractivity (Wildman–Crippen MR) is 41.0 cm³/mol. The molecule has 1 aliphatic rings. The van der Waals surface area contributed by atoms with E-state index in [4.69, 9.17) is 0 Å². The first-order valence-corrected chi connectivity index (χ1v) is 3.84. The van der Waals surface area contributed by atoms with Crippen LogP contribution in [0.5, 0.6) is 0 Å². The molecule has 1 unspecified atom stereocenters. The Morgan fingerprint density at radius 2 is 2.55 bits per heavy atom. The highest BCUT2D eigenvalue weighted by Crippen LogP contribution is 2.00. The number of hydrogen-bond donors (Lipinski definition) is 2. The molecule has 0 bridgehead atoms. The summed E-state index contributed by atoms with van der Waals surface area (Å²) in [7, 11) is 1.42. The largest absolute Gasteiger partial charge is 0.469 e. The van der Waals surface area contributed by atoms with Gasteiger partial charge in [0.1, 0.15) is 0 Å². The van der Waals surface area contributed by atoms with Crippen molar-refractivity contribution in [1.82, 2.24) is 10.6 Å². The third kappa shape index (κ3) is 2.86. The minimum Gasteiger partial charge on any atom is -0.469 e. The van der Waals surface area contributed by atoms with Gasteiger partial charge in [0.15, 0.2) is 0 Å². The van der Waals surface area contributed by atoms with Crippen LogP contribution in [0.25, 0.3) is 0 Å². The van der Waals surface area contributed by atoms with Crippen molar-refractivity contribution in [2.24, 2.45) is 0 Å². The summed E-state index contributed by atoms with van der Waals surface area (Å²) < 4.78 is 4.55. The van der Waals surface area contributed by atoms with Crippen LogP contribution in [0.3, 0.4) is 0 Å². The summed E-state index contributed by atoms with van der Waals surface area (Å²) in [6.07, 6.45) is 1.48. The molecule has 1 rings (SSSR count). The number of esters is 1. The van der Waals surface area contributed by atoms with E-state index in [1.165, 1.54) is 7.11 Å². The molecule has 0 aromatic heterocycles. The highest BCUT2D eigenvalue weighted by atomic mass is 16.5. The van der Waals surface area contributed by atoms with Crippen molar-refractivity contribution < 1.29 is 9.53 Å². The van der Waals surface area contributed by atoms with Crippen LogP contribution in [0.4, 0.5) is 0 Å². The van der Waals surface area contributed by atoms with Gasteiger partial charge in [-0.25, -0.2) is 0 Å². The topological polar surface area (TPSA) is 50.4 Å². The molecular weight excluding hydrogens is 144 g/mol. The number of carbonyl (C=O) groups excluding carboxylic acids is 1. The third-order valence-electron chi connectivity index (χ3n) is 1.83. The van der Waals surface area contributed by atoms with Gasteiger partial charge >= 0.3 is 5.97 Å². The molecule has 4 nitrogen and oxygen atoms in total. The van der Waals surface area contributed by atoms with E-state index in [-0.39, 0.29) is 5.97 Å². The van der Waals surface area contributed by atoms with Gasteiger partial charge in [0, 0.05) is 12.7 Å². The van der Waals surface area contributed by atoms with Crippen molar-refractivity contribution in [3.05, 3.63) is 0 Å². The zero-order valence-corrected chi connectivity index (χ0v) is 6.72. The summed E-state index contributed by atoms with van der Waals surface area (Å²) in [6.45, 7) is 1.77. The number of hydrogen-bond acceptors (Lipinski definition) is 4. The molecule has 0 spiro atoms. The van der Waals surface area contributed by atoms with Gasteiger partial charge in [0.05, 0.1) is 13.5 Å². The summed E-state index contributed by atoms with van der Waals surface area (Å²) in [4.78, 5) is 10.8. The molecule has 1 saturated heterocycles. The Morgan fingerprint density at radius 3 is 3.09 bits per heavy atom. The molecule has 0 aromatic carbocycles. The van der Waals surface area contributed by atoms with E-state index >= 15 is 0 Å². The van der Waals surface area contributed by atoms with Gasteiger partial charge in [-0.1, -0.05) is 0 Å². The molecule has 2 N–H and O–H groups in total. The number of ether oxygens (including phenoxy) is 1. The molecule has 11 heavy (non-hydrogen) atoms. The first-order valence-electron chi connectivity index (χ1n) is 3.84. The summed E-state index contributed by atoms with van der Waals surface area (Å²) in [6, 6.07) is 0.295. The fourth-order valence-electron chi connectivity index (χ4n) is 1.14. The summed E-state index contributed by atoms with van der Waals surface area (Å²) in [5.74, 6) is -0.135. The number of rotatable bonds is 2. The van der Waals surface area contributed by atoms with Crippen LogP contribution in [0.2, 0.25) is 0 Å². The fourth-order valence-corrected chi connectivity index (χ4v) is 1.14. The molecule has 0 amide bonds. The van der Waals surface area contributed by atoms with E-state index in [9.17, 15) is 4.79 Å². The lowest BCUT2D eigenvalue weighted by atomic mass is 10.1. The van der Waals surface area contributed by atoms with Gasteiger partial charge in [-0.15, -0.1) is 0 Å². The lowest BCUT2D eigenvalue weighted by Gasteiger charge is -2.23. The summed E-state index contributed by atoms with van der Waals surface area (Å²) in [5, 5.41) is 6.32. The Bertz CT molecular complexity index is 132. The Morgan fingerprint density at radius 1 is 1.73 bits per heavy atom. The van der Waals surface area contributed by atoms with Gasteiger partial charge in [-0.3, -0.25) is 4.79 Å². The van der Waals surface area contributed by atoms with Crippen molar-refractivity contribution in [1.29, 1.82) is 0 Å². The second kappa shape index (κ2) is 4.31. The molecular formula is C7H14N2O2. The second-order valence-corrected chi connectivity index (χ2v) is 2.65. The normalized spacial score (nSPS) is 24.6. The van der Waals surface area contributed by atoms with E-state index in [1.807, 2.05) is 0 Å². The van der Waals surface area contributed by atoms with Crippen molar-refractivity contribution in [3.8, 4) is 0 Å². The highest BCUT2D eigenvalue weighted by molar-refractivity contribution is 5.69. The number of methoxy groups -OCH3 is 1.